The molecule has 118 valence electrons. The molecule has 0 aliphatic heterocycles. The first-order valence-electron chi connectivity index (χ1n) is 8.67. The van der Waals surface area contributed by atoms with Crippen LogP contribution in [0, 0.1) is 18.8 Å². The molecule has 1 fully saturated rings. The van der Waals surface area contributed by atoms with Crippen molar-refractivity contribution >= 4 is 5.69 Å². The van der Waals surface area contributed by atoms with Crippen molar-refractivity contribution in [3.8, 4) is 0 Å². The number of para-hydroxylation sites is 1. The lowest BCUT2D eigenvalue weighted by Gasteiger charge is -2.39. The molecule has 2 nitrogen and oxygen atoms in total. The van der Waals surface area contributed by atoms with Gasteiger partial charge in [0.2, 0.25) is 0 Å². The van der Waals surface area contributed by atoms with Crippen molar-refractivity contribution in [1.82, 2.24) is 5.32 Å². The Kier molecular flexibility index (Phi) is 6.10. The summed E-state index contributed by atoms with van der Waals surface area (Å²) >= 11 is 0. The minimum Gasteiger partial charge on any atom is -0.371 e. The zero-order valence-corrected chi connectivity index (χ0v) is 14.2. The van der Waals surface area contributed by atoms with E-state index in [-0.39, 0.29) is 0 Å². The van der Waals surface area contributed by atoms with E-state index in [0.29, 0.717) is 6.04 Å². The number of hydrogen-bond acceptors (Lipinski definition) is 2. The van der Waals surface area contributed by atoms with E-state index >= 15 is 0 Å². The van der Waals surface area contributed by atoms with Gasteiger partial charge in [0.1, 0.15) is 0 Å². The van der Waals surface area contributed by atoms with Gasteiger partial charge >= 0.3 is 0 Å². The van der Waals surface area contributed by atoms with Crippen LogP contribution in [0.5, 0.6) is 0 Å². The summed E-state index contributed by atoms with van der Waals surface area (Å²) in [6.07, 6.45) is 5.45. The highest BCUT2D eigenvalue weighted by Gasteiger charge is 2.30. The minimum absolute atomic E-state index is 0.686. The maximum absolute atomic E-state index is 3.57. The predicted octanol–water partition coefficient (Wildman–Crippen LogP) is 4.24. The summed E-state index contributed by atoms with van der Waals surface area (Å²) in [5.74, 6) is 1.70. The maximum atomic E-state index is 3.57. The Bertz CT molecular complexity index is 429. The lowest BCUT2D eigenvalue weighted by molar-refractivity contribution is 0.209. The molecular weight excluding hydrogens is 256 g/mol. The van der Waals surface area contributed by atoms with Crippen molar-refractivity contribution in [1.29, 1.82) is 0 Å². The summed E-state index contributed by atoms with van der Waals surface area (Å²) in [5, 5.41) is 3.57. The fourth-order valence-corrected chi connectivity index (χ4v) is 3.91. The Morgan fingerprint density at radius 3 is 2.57 bits per heavy atom. The second-order valence-electron chi connectivity index (χ2n) is 6.57. The smallest absolute Gasteiger partial charge is 0.0395 e. The molecule has 0 heterocycles. The minimum atomic E-state index is 0.686. The van der Waals surface area contributed by atoms with Crippen LogP contribution in [-0.2, 0) is 0 Å². The Morgan fingerprint density at radius 1 is 1.19 bits per heavy atom. The Balaban J connectivity index is 2.10. The SMILES string of the molecule is CCC1CCC(NC)C(CN(CC)c2ccccc2C)C1. The number of hydrogen-bond donors (Lipinski definition) is 1. The molecule has 1 aliphatic rings. The van der Waals surface area contributed by atoms with Crippen LogP contribution >= 0.6 is 0 Å². The van der Waals surface area contributed by atoms with Crippen LogP contribution in [0.2, 0.25) is 0 Å². The molecule has 3 unspecified atom stereocenters. The van der Waals surface area contributed by atoms with E-state index in [9.17, 15) is 0 Å². The first-order chi connectivity index (χ1) is 10.2. The maximum Gasteiger partial charge on any atom is 0.0395 e. The third-order valence-electron chi connectivity index (χ3n) is 5.33. The molecule has 1 aliphatic carbocycles. The van der Waals surface area contributed by atoms with Gasteiger partial charge in [0.15, 0.2) is 0 Å². The standard InChI is InChI=1S/C19H32N2/c1-5-16-11-12-18(20-4)17(13-16)14-21(6-2)19-10-8-7-9-15(19)3/h7-10,16-18,20H,5-6,11-14H2,1-4H3. The van der Waals surface area contributed by atoms with Gasteiger partial charge in [0.25, 0.3) is 0 Å². The molecule has 2 heteroatoms. The normalized spacial score (nSPS) is 25.8. The Morgan fingerprint density at radius 2 is 1.95 bits per heavy atom. The predicted molar refractivity (Wildman–Crippen MR) is 93.0 cm³/mol. The highest BCUT2D eigenvalue weighted by molar-refractivity contribution is 5.52. The summed E-state index contributed by atoms with van der Waals surface area (Å²) in [4.78, 5) is 2.57. The molecule has 0 bridgehead atoms. The molecule has 0 aromatic heterocycles. The summed E-state index contributed by atoms with van der Waals surface area (Å²) in [5.41, 5.74) is 2.80. The molecule has 1 aromatic rings. The van der Waals surface area contributed by atoms with Gasteiger partial charge in [0.05, 0.1) is 0 Å². The number of nitrogens with one attached hydrogen (secondary N) is 1. The molecule has 0 radical (unpaired) electrons. The topological polar surface area (TPSA) is 15.3 Å². The van der Waals surface area contributed by atoms with Gasteiger partial charge in [-0.1, -0.05) is 31.5 Å². The molecule has 0 spiro atoms. The molecule has 21 heavy (non-hydrogen) atoms. The van der Waals surface area contributed by atoms with E-state index in [2.05, 4.69) is 62.3 Å². The first kappa shape index (κ1) is 16.4. The summed E-state index contributed by atoms with van der Waals surface area (Å²) in [6.45, 7) is 9.13. The number of rotatable bonds is 6. The average Bonchev–Trinajstić information content (AvgIpc) is 2.53. The number of anilines is 1. The second-order valence-corrected chi connectivity index (χ2v) is 6.57. The van der Waals surface area contributed by atoms with Crippen LogP contribution in [0.4, 0.5) is 5.69 Å². The van der Waals surface area contributed by atoms with Gasteiger partial charge in [-0.3, -0.25) is 0 Å². The van der Waals surface area contributed by atoms with E-state index in [4.69, 9.17) is 0 Å². The van der Waals surface area contributed by atoms with Crippen LogP contribution in [0.25, 0.3) is 0 Å². The van der Waals surface area contributed by atoms with E-state index in [1.165, 1.54) is 43.5 Å². The van der Waals surface area contributed by atoms with E-state index in [1.807, 2.05) is 0 Å². The largest absolute Gasteiger partial charge is 0.371 e. The Labute approximate surface area is 130 Å². The van der Waals surface area contributed by atoms with Gasteiger partial charge in [-0.25, -0.2) is 0 Å². The van der Waals surface area contributed by atoms with Crippen molar-refractivity contribution in [3.05, 3.63) is 29.8 Å². The van der Waals surface area contributed by atoms with E-state index in [0.717, 1.165) is 18.4 Å². The molecule has 0 saturated heterocycles. The average molecular weight is 288 g/mol. The molecule has 3 atom stereocenters. The summed E-state index contributed by atoms with van der Waals surface area (Å²) in [6, 6.07) is 9.48. The van der Waals surface area contributed by atoms with Crippen LogP contribution in [-0.4, -0.2) is 26.2 Å². The van der Waals surface area contributed by atoms with E-state index < -0.39 is 0 Å². The van der Waals surface area contributed by atoms with Gasteiger partial charge in [0, 0.05) is 24.8 Å². The zero-order chi connectivity index (χ0) is 15.2. The first-order valence-corrected chi connectivity index (χ1v) is 8.67. The molecule has 1 N–H and O–H groups in total. The molecule has 1 saturated carbocycles. The number of benzene rings is 1. The molecule has 0 amide bonds. The third-order valence-corrected chi connectivity index (χ3v) is 5.33. The fraction of sp³-hybridized carbons (Fsp3) is 0.684. The summed E-state index contributed by atoms with van der Waals surface area (Å²) in [7, 11) is 2.13. The zero-order valence-electron chi connectivity index (χ0n) is 14.2. The quantitative estimate of drug-likeness (QED) is 0.842. The highest BCUT2D eigenvalue weighted by Crippen LogP contribution is 2.33. The number of nitrogens with zero attached hydrogens (tertiary/aromatic N) is 1. The van der Waals surface area contributed by atoms with Gasteiger partial charge in [-0.05, 0) is 63.6 Å². The summed E-state index contributed by atoms with van der Waals surface area (Å²) < 4.78 is 0. The van der Waals surface area contributed by atoms with Crippen LogP contribution in [0.1, 0.15) is 45.1 Å². The van der Waals surface area contributed by atoms with E-state index in [1.54, 1.807) is 0 Å². The van der Waals surface area contributed by atoms with Crippen LogP contribution in [0.15, 0.2) is 24.3 Å². The van der Waals surface area contributed by atoms with Crippen molar-refractivity contribution in [2.75, 3.05) is 25.0 Å². The number of aryl methyl sites for hydroxylation is 1. The van der Waals surface area contributed by atoms with Gasteiger partial charge < -0.3 is 10.2 Å². The lowest BCUT2D eigenvalue weighted by Crippen LogP contribution is -2.44. The molecular formula is C19H32N2. The monoisotopic (exact) mass is 288 g/mol. The van der Waals surface area contributed by atoms with Crippen LogP contribution in [0.3, 0.4) is 0 Å². The highest BCUT2D eigenvalue weighted by atomic mass is 15.1. The fourth-order valence-electron chi connectivity index (χ4n) is 3.91. The van der Waals surface area contributed by atoms with Gasteiger partial charge in [-0.15, -0.1) is 0 Å². The van der Waals surface area contributed by atoms with Gasteiger partial charge in [-0.2, -0.15) is 0 Å². The lowest BCUT2D eigenvalue weighted by atomic mass is 9.76. The van der Waals surface area contributed by atoms with Crippen molar-refractivity contribution in [2.45, 2.75) is 52.5 Å². The van der Waals surface area contributed by atoms with Crippen LogP contribution < -0.4 is 10.2 Å². The Hall–Kier alpha value is -1.02. The van der Waals surface area contributed by atoms with Crippen molar-refractivity contribution < 1.29 is 0 Å². The third kappa shape index (κ3) is 4.00. The van der Waals surface area contributed by atoms with Crippen molar-refractivity contribution in [2.24, 2.45) is 11.8 Å². The molecule has 1 aromatic carbocycles. The second kappa shape index (κ2) is 7.84. The molecule has 2 rings (SSSR count). The van der Waals surface area contributed by atoms with Crippen molar-refractivity contribution in [3.63, 3.8) is 0 Å².